The largest absolute Gasteiger partial charge is 0.428 e. The van der Waals surface area contributed by atoms with Crippen LogP contribution in [0.5, 0.6) is 0 Å². The zero-order chi connectivity index (χ0) is 8.53. The Kier molecular flexibility index (Phi) is 8.27. The molecule has 0 amide bonds. The van der Waals surface area contributed by atoms with Crippen molar-refractivity contribution in [3.8, 4) is 0 Å². The number of hydrogen-bond acceptors (Lipinski definition) is 3. The van der Waals surface area contributed by atoms with Gasteiger partial charge in [-0.2, -0.15) is 0 Å². The molecule has 0 aromatic carbocycles. The van der Waals surface area contributed by atoms with Gasteiger partial charge < -0.3 is 13.9 Å². The van der Waals surface area contributed by atoms with E-state index in [2.05, 4.69) is 0 Å². The first-order valence-corrected chi connectivity index (χ1v) is 4.88. The SMILES string of the molecule is CCOC(CCO[SiH3])OCC. The van der Waals surface area contributed by atoms with Crippen LogP contribution >= 0.6 is 0 Å². The second kappa shape index (κ2) is 8.20. The van der Waals surface area contributed by atoms with Gasteiger partial charge in [-0.05, 0) is 13.8 Å². The maximum Gasteiger partial charge on any atom is 0.159 e. The molecular formula is C7H18O3Si. The lowest BCUT2D eigenvalue weighted by atomic mass is 10.4. The molecule has 4 heteroatoms. The minimum Gasteiger partial charge on any atom is -0.428 e. The first-order valence-electron chi connectivity index (χ1n) is 4.07. The topological polar surface area (TPSA) is 27.7 Å². The summed E-state index contributed by atoms with van der Waals surface area (Å²) in [6, 6.07) is 0. The average Bonchev–Trinajstić information content (AvgIpc) is 2.01. The van der Waals surface area contributed by atoms with Crippen molar-refractivity contribution in [3.05, 3.63) is 0 Å². The third-order valence-electron chi connectivity index (χ3n) is 1.26. The molecule has 0 aliphatic carbocycles. The molecule has 0 rings (SSSR count). The predicted octanol–water partition coefficient (Wildman–Crippen LogP) is 0.0726. The quantitative estimate of drug-likeness (QED) is 0.408. The first kappa shape index (κ1) is 11.1. The summed E-state index contributed by atoms with van der Waals surface area (Å²) in [6.07, 6.45) is 0.768. The highest BCUT2D eigenvalue weighted by Crippen LogP contribution is 2.00. The maximum absolute atomic E-state index is 5.30. The molecule has 68 valence electrons. The van der Waals surface area contributed by atoms with Crippen molar-refractivity contribution in [2.75, 3.05) is 19.8 Å². The van der Waals surface area contributed by atoms with E-state index in [1.54, 1.807) is 0 Å². The Hall–Kier alpha value is 0.0969. The number of ether oxygens (including phenoxy) is 2. The summed E-state index contributed by atoms with van der Waals surface area (Å²) in [7, 11) is 0.792. The van der Waals surface area contributed by atoms with Crippen LogP contribution in [0.2, 0.25) is 0 Å². The molecule has 0 aromatic heterocycles. The Bertz CT molecular complexity index is 74.1. The normalized spacial score (nSPS) is 11.2. The van der Waals surface area contributed by atoms with E-state index >= 15 is 0 Å². The summed E-state index contributed by atoms with van der Waals surface area (Å²) >= 11 is 0. The Morgan fingerprint density at radius 3 is 2.09 bits per heavy atom. The molecule has 0 N–H and O–H groups in total. The van der Waals surface area contributed by atoms with Crippen molar-refractivity contribution in [1.82, 2.24) is 0 Å². The fourth-order valence-electron chi connectivity index (χ4n) is 0.801. The molecule has 3 nitrogen and oxygen atoms in total. The molecule has 0 spiro atoms. The molecule has 0 saturated carbocycles. The Labute approximate surface area is 71.6 Å². The van der Waals surface area contributed by atoms with Crippen LogP contribution in [0.3, 0.4) is 0 Å². The van der Waals surface area contributed by atoms with E-state index in [4.69, 9.17) is 13.9 Å². The zero-order valence-electron chi connectivity index (χ0n) is 7.63. The Morgan fingerprint density at radius 2 is 1.73 bits per heavy atom. The lowest BCUT2D eigenvalue weighted by Gasteiger charge is -2.15. The third kappa shape index (κ3) is 6.49. The molecule has 0 radical (unpaired) electrons. The first-order chi connectivity index (χ1) is 5.35. The van der Waals surface area contributed by atoms with Crippen molar-refractivity contribution in [3.63, 3.8) is 0 Å². The predicted molar refractivity (Wildman–Crippen MR) is 47.5 cm³/mol. The van der Waals surface area contributed by atoms with Crippen molar-refractivity contribution in [2.45, 2.75) is 26.6 Å². The van der Waals surface area contributed by atoms with Crippen molar-refractivity contribution < 1.29 is 13.9 Å². The van der Waals surface area contributed by atoms with Gasteiger partial charge in [0.25, 0.3) is 0 Å². The van der Waals surface area contributed by atoms with Gasteiger partial charge in [-0.3, -0.25) is 0 Å². The number of hydrogen-bond donors (Lipinski definition) is 0. The molecule has 0 unspecified atom stereocenters. The minimum absolute atomic E-state index is 0.0704. The van der Waals surface area contributed by atoms with Crippen LogP contribution in [-0.2, 0) is 13.9 Å². The standard InChI is InChI=1S/C7H18O3Si/c1-3-8-7(9-4-2)5-6-10-11/h7H,3-6H2,1-2,11H3. The van der Waals surface area contributed by atoms with Crippen molar-refractivity contribution >= 4 is 10.5 Å². The van der Waals surface area contributed by atoms with Gasteiger partial charge in [-0.1, -0.05) is 0 Å². The molecule has 0 aliphatic rings. The van der Waals surface area contributed by atoms with E-state index in [1.165, 1.54) is 0 Å². The summed E-state index contributed by atoms with van der Waals surface area (Å²) in [6.45, 7) is 6.08. The van der Waals surface area contributed by atoms with Crippen LogP contribution in [0.4, 0.5) is 0 Å². The van der Waals surface area contributed by atoms with Gasteiger partial charge in [0.05, 0.1) is 0 Å². The summed E-state index contributed by atoms with van der Waals surface area (Å²) in [5.41, 5.74) is 0. The molecule has 0 saturated heterocycles. The van der Waals surface area contributed by atoms with Gasteiger partial charge in [0.2, 0.25) is 0 Å². The van der Waals surface area contributed by atoms with Crippen LogP contribution in [0.1, 0.15) is 20.3 Å². The molecular weight excluding hydrogens is 160 g/mol. The summed E-state index contributed by atoms with van der Waals surface area (Å²) < 4.78 is 15.6. The van der Waals surface area contributed by atoms with E-state index in [1.807, 2.05) is 13.8 Å². The van der Waals surface area contributed by atoms with E-state index in [0.717, 1.165) is 23.5 Å². The average molecular weight is 178 g/mol. The summed E-state index contributed by atoms with van der Waals surface area (Å²) in [5.74, 6) is 0. The van der Waals surface area contributed by atoms with Gasteiger partial charge in [0.1, 0.15) is 10.5 Å². The van der Waals surface area contributed by atoms with E-state index in [9.17, 15) is 0 Å². The van der Waals surface area contributed by atoms with Gasteiger partial charge in [-0.15, -0.1) is 0 Å². The highest BCUT2D eigenvalue weighted by atomic mass is 28.2. The van der Waals surface area contributed by atoms with Crippen molar-refractivity contribution in [2.24, 2.45) is 0 Å². The van der Waals surface area contributed by atoms with Crippen LogP contribution in [0, 0.1) is 0 Å². The molecule has 0 aliphatic heterocycles. The van der Waals surface area contributed by atoms with E-state index in [0.29, 0.717) is 13.2 Å². The van der Waals surface area contributed by atoms with Gasteiger partial charge in [-0.25, -0.2) is 0 Å². The second-order valence-electron chi connectivity index (χ2n) is 2.12. The summed E-state index contributed by atoms with van der Waals surface area (Å²) in [5, 5.41) is 0. The highest BCUT2D eigenvalue weighted by Gasteiger charge is 2.05. The van der Waals surface area contributed by atoms with Gasteiger partial charge >= 0.3 is 0 Å². The Balaban J connectivity index is 3.34. The highest BCUT2D eigenvalue weighted by molar-refractivity contribution is 5.97. The molecule has 0 bridgehead atoms. The van der Waals surface area contributed by atoms with Crippen molar-refractivity contribution in [1.29, 1.82) is 0 Å². The lowest BCUT2D eigenvalue weighted by molar-refractivity contribution is -0.142. The fourth-order valence-corrected chi connectivity index (χ4v) is 1.04. The molecule has 0 fully saturated rings. The fraction of sp³-hybridized carbons (Fsp3) is 1.00. The molecule has 0 heterocycles. The second-order valence-corrected chi connectivity index (χ2v) is 2.70. The molecule has 11 heavy (non-hydrogen) atoms. The van der Waals surface area contributed by atoms with E-state index < -0.39 is 0 Å². The van der Waals surface area contributed by atoms with Gasteiger partial charge in [0, 0.05) is 26.2 Å². The van der Waals surface area contributed by atoms with E-state index in [-0.39, 0.29) is 6.29 Å². The monoisotopic (exact) mass is 178 g/mol. The Morgan fingerprint density at radius 1 is 1.18 bits per heavy atom. The zero-order valence-corrected chi connectivity index (χ0v) is 9.63. The van der Waals surface area contributed by atoms with Gasteiger partial charge in [0.15, 0.2) is 6.29 Å². The van der Waals surface area contributed by atoms with Crippen LogP contribution < -0.4 is 0 Å². The smallest absolute Gasteiger partial charge is 0.159 e. The van der Waals surface area contributed by atoms with Crippen LogP contribution in [-0.4, -0.2) is 36.6 Å². The van der Waals surface area contributed by atoms with Crippen LogP contribution in [0.25, 0.3) is 0 Å². The maximum atomic E-state index is 5.30. The lowest BCUT2D eigenvalue weighted by Crippen LogP contribution is -2.19. The third-order valence-corrected chi connectivity index (χ3v) is 1.67. The molecule has 0 atom stereocenters. The molecule has 0 aromatic rings. The van der Waals surface area contributed by atoms with Crippen LogP contribution in [0.15, 0.2) is 0 Å². The minimum atomic E-state index is -0.0704. The summed E-state index contributed by atoms with van der Waals surface area (Å²) in [4.78, 5) is 0. The number of rotatable bonds is 7.